The van der Waals surface area contributed by atoms with Gasteiger partial charge in [0.1, 0.15) is 19.0 Å². The number of halogens is 4. The number of guanidine groups is 1. The molecule has 0 aliphatic carbocycles. The van der Waals surface area contributed by atoms with Gasteiger partial charge >= 0.3 is 12.7 Å². The molecule has 36 heavy (non-hydrogen) atoms. The average molecular weight is 538 g/mol. The highest BCUT2D eigenvalue weighted by Gasteiger charge is 2.33. The SMILES string of the molecule is C=CCOC(=O)N(C)N1CN(C(=Nc2cccc(OC(F)F)c2)NC#N)N=C1c1ccc(Cl)c(Cl)c1. The predicted molar refractivity (Wildman–Crippen MR) is 130 cm³/mol. The van der Waals surface area contributed by atoms with Crippen molar-refractivity contribution in [2.24, 2.45) is 10.1 Å². The van der Waals surface area contributed by atoms with Crippen molar-refractivity contribution in [2.75, 3.05) is 20.3 Å². The molecule has 2 aromatic rings. The normalized spacial score (nSPS) is 13.2. The van der Waals surface area contributed by atoms with Crippen LogP contribution in [0.25, 0.3) is 0 Å². The van der Waals surface area contributed by atoms with Gasteiger partial charge in [-0.15, -0.1) is 5.10 Å². The fourth-order valence-electron chi connectivity index (χ4n) is 2.96. The van der Waals surface area contributed by atoms with Gasteiger partial charge in [-0.05, 0) is 30.3 Å². The summed E-state index contributed by atoms with van der Waals surface area (Å²) in [5, 5.41) is 20.7. The molecule has 1 aliphatic rings. The number of hydrazone groups is 1. The number of amidine groups is 1. The summed E-state index contributed by atoms with van der Waals surface area (Å²) in [4.78, 5) is 16.8. The van der Waals surface area contributed by atoms with E-state index in [1.807, 2.05) is 0 Å². The molecule has 0 saturated carbocycles. The lowest BCUT2D eigenvalue weighted by Crippen LogP contribution is -2.48. The highest BCUT2D eigenvalue weighted by Crippen LogP contribution is 2.27. The number of rotatable bonds is 7. The van der Waals surface area contributed by atoms with Gasteiger partial charge in [0.15, 0.2) is 12.0 Å². The molecular weight excluding hydrogens is 519 g/mol. The monoisotopic (exact) mass is 537 g/mol. The number of nitriles is 1. The smallest absolute Gasteiger partial charge is 0.428 e. The number of benzene rings is 2. The van der Waals surface area contributed by atoms with Crippen LogP contribution < -0.4 is 10.1 Å². The molecule has 3 rings (SSSR count). The second kappa shape index (κ2) is 12.1. The molecule has 2 aromatic carbocycles. The second-order valence-corrected chi connectivity index (χ2v) is 7.74. The Hall–Kier alpha value is -4.08. The molecule has 10 nitrogen and oxygen atoms in total. The zero-order valence-electron chi connectivity index (χ0n) is 18.7. The maximum atomic E-state index is 12.6. The van der Waals surface area contributed by atoms with Crippen molar-refractivity contribution in [1.29, 1.82) is 5.26 Å². The molecule has 1 heterocycles. The summed E-state index contributed by atoms with van der Waals surface area (Å²) in [7, 11) is 1.46. The van der Waals surface area contributed by atoms with Crippen LogP contribution in [-0.2, 0) is 4.74 Å². The minimum atomic E-state index is -3.01. The molecule has 0 spiro atoms. The first-order valence-electron chi connectivity index (χ1n) is 10.1. The summed E-state index contributed by atoms with van der Waals surface area (Å²) < 4.78 is 34.7. The summed E-state index contributed by atoms with van der Waals surface area (Å²) in [6.45, 7) is 0.401. The number of carbonyl (C=O) groups is 1. The Labute approximate surface area is 215 Å². The number of ether oxygens (including phenoxy) is 2. The summed E-state index contributed by atoms with van der Waals surface area (Å²) in [6, 6.07) is 10.4. The van der Waals surface area contributed by atoms with E-state index < -0.39 is 12.7 Å². The molecule has 188 valence electrons. The van der Waals surface area contributed by atoms with E-state index in [1.54, 1.807) is 24.4 Å². The first kappa shape index (κ1) is 26.5. The van der Waals surface area contributed by atoms with Gasteiger partial charge < -0.3 is 9.47 Å². The Bertz CT molecular complexity index is 1240. The predicted octanol–water partition coefficient (Wildman–Crippen LogP) is 4.76. The molecule has 0 fully saturated rings. The summed E-state index contributed by atoms with van der Waals surface area (Å²) in [5.74, 6) is 0.0868. The number of amides is 1. The van der Waals surface area contributed by atoms with Crippen LogP contribution >= 0.6 is 23.2 Å². The van der Waals surface area contributed by atoms with Gasteiger partial charge in [0.2, 0.25) is 5.96 Å². The first-order chi connectivity index (χ1) is 17.2. The lowest BCUT2D eigenvalue weighted by molar-refractivity contribution is -0.0498. The molecule has 1 aliphatic heterocycles. The Morgan fingerprint density at radius 2 is 2.14 bits per heavy atom. The van der Waals surface area contributed by atoms with E-state index in [-0.39, 0.29) is 41.5 Å². The summed E-state index contributed by atoms with van der Waals surface area (Å²) in [6.07, 6.45) is 2.48. The molecule has 1 N–H and O–H groups in total. The number of hydrogen-bond acceptors (Lipinski definition) is 7. The van der Waals surface area contributed by atoms with Crippen molar-refractivity contribution in [3.05, 3.63) is 70.7 Å². The zero-order valence-corrected chi connectivity index (χ0v) is 20.2. The van der Waals surface area contributed by atoms with Crippen LogP contribution in [0, 0.1) is 11.5 Å². The van der Waals surface area contributed by atoms with Crippen LogP contribution in [0.2, 0.25) is 10.0 Å². The fourth-order valence-corrected chi connectivity index (χ4v) is 3.26. The highest BCUT2D eigenvalue weighted by molar-refractivity contribution is 6.42. The van der Waals surface area contributed by atoms with Crippen LogP contribution in [0.15, 0.2) is 65.2 Å². The quantitative estimate of drug-likeness (QED) is 0.178. The van der Waals surface area contributed by atoms with Crippen LogP contribution in [0.1, 0.15) is 5.56 Å². The summed E-state index contributed by atoms with van der Waals surface area (Å²) >= 11 is 12.2. The Kier molecular flexibility index (Phi) is 8.88. The molecule has 14 heteroatoms. The minimum Gasteiger partial charge on any atom is -0.444 e. The van der Waals surface area contributed by atoms with Gasteiger partial charge in [0.25, 0.3) is 0 Å². The molecule has 0 unspecified atom stereocenters. The van der Waals surface area contributed by atoms with Gasteiger partial charge in [0, 0.05) is 18.7 Å². The molecular formula is C22H19Cl2F2N7O3. The topological polar surface area (TPSA) is 106 Å². The molecule has 0 bridgehead atoms. The van der Waals surface area contributed by atoms with E-state index >= 15 is 0 Å². The van der Waals surface area contributed by atoms with Gasteiger partial charge in [0.05, 0.1) is 15.7 Å². The number of hydrazine groups is 1. The third-order valence-corrected chi connectivity index (χ3v) is 5.29. The molecule has 0 aromatic heterocycles. The molecule has 0 atom stereocenters. The van der Waals surface area contributed by atoms with Crippen molar-refractivity contribution in [3.8, 4) is 11.9 Å². The van der Waals surface area contributed by atoms with E-state index in [4.69, 9.17) is 27.9 Å². The van der Waals surface area contributed by atoms with E-state index in [1.165, 1.54) is 52.4 Å². The van der Waals surface area contributed by atoms with E-state index in [0.29, 0.717) is 10.6 Å². The van der Waals surface area contributed by atoms with Gasteiger partial charge in [-0.3, -0.25) is 5.32 Å². The Morgan fingerprint density at radius 1 is 1.36 bits per heavy atom. The summed E-state index contributed by atoms with van der Waals surface area (Å²) in [5.41, 5.74) is 0.702. The largest absolute Gasteiger partial charge is 0.444 e. The van der Waals surface area contributed by atoms with Crippen LogP contribution in [0.3, 0.4) is 0 Å². The molecule has 1 amide bonds. The van der Waals surface area contributed by atoms with Crippen LogP contribution in [0.4, 0.5) is 19.3 Å². The van der Waals surface area contributed by atoms with E-state index in [9.17, 15) is 18.8 Å². The van der Waals surface area contributed by atoms with Gasteiger partial charge in [-0.25, -0.2) is 24.8 Å². The van der Waals surface area contributed by atoms with E-state index in [0.717, 1.165) is 0 Å². The Balaban J connectivity index is 2.00. The number of nitrogens with one attached hydrogen (secondary N) is 1. The number of alkyl halides is 2. The zero-order chi connectivity index (χ0) is 26.2. The van der Waals surface area contributed by atoms with Crippen LogP contribution in [-0.4, -0.2) is 59.8 Å². The average Bonchev–Trinajstić information content (AvgIpc) is 3.28. The molecule has 0 radical (unpaired) electrons. The lowest BCUT2D eigenvalue weighted by atomic mass is 10.2. The second-order valence-electron chi connectivity index (χ2n) is 6.93. The number of carbonyl (C=O) groups excluding carboxylic acids is 1. The van der Waals surface area contributed by atoms with Gasteiger partial charge in [-0.1, -0.05) is 41.9 Å². The van der Waals surface area contributed by atoms with Crippen molar-refractivity contribution < 1.29 is 23.0 Å². The number of nitrogens with zero attached hydrogens (tertiary/aromatic N) is 6. The fraction of sp³-hybridized carbons (Fsp3) is 0.182. The maximum absolute atomic E-state index is 12.6. The van der Waals surface area contributed by atoms with Crippen molar-refractivity contribution in [2.45, 2.75) is 6.61 Å². The van der Waals surface area contributed by atoms with Crippen LogP contribution in [0.5, 0.6) is 5.75 Å². The minimum absolute atomic E-state index is 0.0142. The number of aliphatic imine (C=N–C) groups is 1. The maximum Gasteiger partial charge on any atom is 0.428 e. The van der Waals surface area contributed by atoms with E-state index in [2.05, 4.69) is 26.7 Å². The van der Waals surface area contributed by atoms with Crippen molar-refractivity contribution in [1.82, 2.24) is 20.3 Å². The van der Waals surface area contributed by atoms with Crippen molar-refractivity contribution in [3.63, 3.8) is 0 Å². The highest BCUT2D eigenvalue weighted by atomic mass is 35.5. The molecule has 0 saturated heterocycles. The lowest BCUT2D eigenvalue weighted by Gasteiger charge is -2.29. The third kappa shape index (κ3) is 6.53. The number of hydrogen-bond donors (Lipinski definition) is 1. The van der Waals surface area contributed by atoms with Gasteiger partial charge in [-0.2, -0.15) is 14.0 Å². The third-order valence-electron chi connectivity index (χ3n) is 4.55. The first-order valence-corrected chi connectivity index (χ1v) is 10.9. The van der Waals surface area contributed by atoms with Crippen molar-refractivity contribution >= 4 is 46.8 Å². The Morgan fingerprint density at radius 3 is 2.81 bits per heavy atom. The standard InChI is InChI=1S/C22H19Cl2F2N7O3/c1-3-9-35-22(34)31(2)33-13-32(30-19(33)14-7-8-17(23)18(24)10-14)21(28-12-27)29-15-5-4-6-16(11-15)36-20(25)26/h3-8,10-11,20H,1,9,13H2,2H3,(H,28,29).